The van der Waals surface area contributed by atoms with E-state index in [1.165, 1.54) is 40.2 Å². The first-order valence-electron chi connectivity index (χ1n) is 6.96. The number of anilines is 1. The van der Waals surface area contributed by atoms with E-state index in [0.717, 1.165) is 0 Å². The van der Waals surface area contributed by atoms with Gasteiger partial charge in [-0.2, -0.15) is 0 Å². The third-order valence-electron chi connectivity index (χ3n) is 3.18. The minimum Gasteiger partial charge on any atom is -0.493 e. The summed E-state index contributed by atoms with van der Waals surface area (Å²) >= 11 is 0. The van der Waals surface area contributed by atoms with Crippen molar-refractivity contribution in [2.24, 2.45) is 5.41 Å². The fourth-order valence-corrected chi connectivity index (χ4v) is 3.77. The van der Waals surface area contributed by atoms with E-state index in [9.17, 15) is 18.0 Å². The van der Waals surface area contributed by atoms with Gasteiger partial charge in [0.05, 0.1) is 25.4 Å². The fourth-order valence-electron chi connectivity index (χ4n) is 1.97. The predicted octanol–water partition coefficient (Wildman–Crippen LogP) is 1.17. The van der Waals surface area contributed by atoms with E-state index in [2.05, 4.69) is 5.32 Å². The molecule has 0 unspecified atom stereocenters. The van der Waals surface area contributed by atoms with Gasteiger partial charge >= 0.3 is 5.97 Å². The zero-order valence-corrected chi connectivity index (χ0v) is 14.8. The van der Waals surface area contributed by atoms with Gasteiger partial charge in [-0.15, -0.1) is 0 Å². The molecule has 9 heteroatoms. The number of carboxylic acid groups (broad SMARTS) is 1. The minimum absolute atomic E-state index is 0.338. The Labute approximate surface area is 140 Å². The lowest BCUT2D eigenvalue weighted by atomic mass is 9.97. The molecule has 24 heavy (non-hydrogen) atoms. The smallest absolute Gasteiger partial charge is 0.310 e. The molecule has 0 spiro atoms. The molecule has 0 aliphatic carbocycles. The monoisotopic (exact) mass is 359 g/mol. The molecule has 0 bridgehead atoms. The first kappa shape index (κ1) is 19.8. The Hall–Kier alpha value is -2.29. The van der Waals surface area contributed by atoms with E-state index in [1.54, 1.807) is 6.07 Å². The fraction of sp³-hybridized carbons (Fsp3) is 0.467. The highest BCUT2D eigenvalue weighted by molar-refractivity contribution is 7.92. The number of sulfone groups is 1. The molecular formula is C15H21NO7S. The zero-order chi connectivity index (χ0) is 18.5. The molecule has 0 saturated carbocycles. The molecule has 0 fully saturated rings. The summed E-state index contributed by atoms with van der Waals surface area (Å²) in [5, 5.41) is 11.4. The Balaban J connectivity index is 2.81. The van der Waals surface area contributed by atoms with Gasteiger partial charge in [0.25, 0.3) is 0 Å². The molecule has 1 aromatic carbocycles. The van der Waals surface area contributed by atoms with E-state index >= 15 is 0 Å². The molecule has 0 aromatic heterocycles. The van der Waals surface area contributed by atoms with Gasteiger partial charge < -0.3 is 19.9 Å². The number of ether oxygens (including phenoxy) is 2. The Kier molecular flexibility index (Phi) is 6.19. The molecule has 0 atom stereocenters. The molecule has 0 aliphatic rings. The van der Waals surface area contributed by atoms with Crippen molar-refractivity contribution in [3.8, 4) is 11.5 Å². The highest BCUT2D eigenvalue weighted by atomic mass is 32.2. The van der Waals surface area contributed by atoms with Crippen LogP contribution in [0, 0.1) is 5.41 Å². The van der Waals surface area contributed by atoms with Gasteiger partial charge in [-0.05, 0) is 26.0 Å². The van der Waals surface area contributed by atoms with Crippen LogP contribution in [0.3, 0.4) is 0 Å². The number of carbonyl (C=O) groups is 2. The summed E-state index contributed by atoms with van der Waals surface area (Å²) in [6.45, 7) is 2.58. The van der Waals surface area contributed by atoms with Crippen molar-refractivity contribution in [2.45, 2.75) is 13.8 Å². The van der Waals surface area contributed by atoms with Gasteiger partial charge in [-0.3, -0.25) is 9.59 Å². The first-order valence-corrected chi connectivity index (χ1v) is 8.78. The number of carbonyl (C=O) groups excluding carboxylic acids is 1. The Bertz CT molecular complexity index is 725. The zero-order valence-electron chi connectivity index (χ0n) is 14.0. The summed E-state index contributed by atoms with van der Waals surface area (Å²) in [7, 11) is -0.983. The van der Waals surface area contributed by atoms with Crippen LogP contribution in [-0.2, 0) is 19.4 Å². The summed E-state index contributed by atoms with van der Waals surface area (Å²) in [6.07, 6.45) is 0. The van der Waals surface area contributed by atoms with Gasteiger partial charge in [0.2, 0.25) is 5.91 Å². The number of hydrogen-bond acceptors (Lipinski definition) is 6. The Morgan fingerprint density at radius 1 is 1.17 bits per heavy atom. The van der Waals surface area contributed by atoms with E-state index in [1.807, 2.05) is 0 Å². The summed E-state index contributed by atoms with van der Waals surface area (Å²) in [6, 6.07) is 4.59. The molecule has 0 aliphatic heterocycles. The second-order valence-corrected chi connectivity index (χ2v) is 7.90. The van der Waals surface area contributed by atoms with Crippen LogP contribution in [0.1, 0.15) is 13.8 Å². The number of rotatable bonds is 8. The lowest BCUT2D eigenvalue weighted by Crippen LogP contribution is -2.35. The minimum atomic E-state index is -3.88. The molecule has 1 amide bonds. The van der Waals surface area contributed by atoms with Crippen LogP contribution in [0.4, 0.5) is 5.69 Å². The summed E-state index contributed by atoms with van der Waals surface area (Å²) < 4.78 is 34.2. The lowest BCUT2D eigenvalue weighted by molar-refractivity contribution is -0.145. The molecule has 0 saturated heterocycles. The van der Waals surface area contributed by atoms with Crippen molar-refractivity contribution in [1.29, 1.82) is 0 Å². The predicted molar refractivity (Wildman–Crippen MR) is 88.2 cm³/mol. The van der Waals surface area contributed by atoms with Crippen LogP contribution in [-0.4, -0.2) is 51.1 Å². The molecule has 1 aromatic rings. The number of benzene rings is 1. The van der Waals surface area contributed by atoms with E-state index < -0.39 is 38.6 Å². The highest BCUT2D eigenvalue weighted by Gasteiger charge is 2.34. The van der Waals surface area contributed by atoms with Gasteiger partial charge in [-0.25, -0.2) is 8.42 Å². The number of nitrogens with one attached hydrogen (secondary N) is 1. The third-order valence-corrected chi connectivity index (χ3v) is 5.04. The quantitative estimate of drug-likeness (QED) is 0.715. The molecular weight excluding hydrogens is 338 g/mol. The maximum Gasteiger partial charge on any atom is 0.310 e. The first-order chi connectivity index (χ1) is 11.0. The standard InChI is InChI=1S/C15H21NO7S/c1-15(2,14(18)19)9-24(20,21)8-13(17)16-10-5-6-11(22-3)12(7-10)23-4/h5-7H,8-9H2,1-4H3,(H,16,17)(H,18,19). The molecule has 1 rings (SSSR count). The SMILES string of the molecule is COc1ccc(NC(=O)CS(=O)(=O)CC(C)(C)C(=O)O)cc1OC. The normalized spacial score (nSPS) is 11.7. The van der Waals surface area contributed by atoms with Gasteiger partial charge in [0, 0.05) is 11.8 Å². The topological polar surface area (TPSA) is 119 Å². The summed E-state index contributed by atoms with van der Waals surface area (Å²) in [5.41, 5.74) is -1.13. The van der Waals surface area contributed by atoms with E-state index in [0.29, 0.717) is 17.2 Å². The summed E-state index contributed by atoms with van der Waals surface area (Å²) in [4.78, 5) is 22.9. The highest BCUT2D eigenvalue weighted by Crippen LogP contribution is 2.29. The maximum atomic E-state index is 12.0. The number of carboxylic acids is 1. The van der Waals surface area contributed by atoms with Crippen LogP contribution in [0.25, 0.3) is 0 Å². The van der Waals surface area contributed by atoms with Crippen molar-refractivity contribution >= 4 is 27.4 Å². The van der Waals surface area contributed by atoms with Crippen LogP contribution >= 0.6 is 0 Å². The van der Waals surface area contributed by atoms with Crippen LogP contribution < -0.4 is 14.8 Å². The number of amides is 1. The van der Waals surface area contributed by atoms with Crippen LogP contribution in [0.15, 0.2) is 18.2 Å². The van der Waals surface area contributed by atoms with Crippen molar-refractivity contribution in [2.75, 3.05) is 31.0 Å². The van der Waals surface area contributed by atoms with Crippen molar-refractivity contribution < 1.29 is 32.6 Å². The largest absolute Gasteiger partial charge is 0.493 e. The van der Waals surface area contributed by atoms with Gasteiger partial charge in [-0.1, -0.05) is 0 Å². The lowest BCUT2D eigenvalue weighted by Gasteiger charge is -2.18. The number of aliphatic carboxylic acids is 1. The molecule has 8 nitrogen and oxygen atoms in total. The van der Waals surface area contributed by atoms with Gasteiger partial charge in [0.15, 0.2) is 21.3 Å². The van der Waals surface area contributed by atoms with Crippen molar-refractivity contribution in [3.05, 3.63) is 18.2 Å². The van der Waals surface area contributed by atoms with Crippen LogP contribution in [0.5, 0.6) is 11.5 Å². The van der Waals surface area contributed by atoms with Crippen molar-refractivity contribution in [3.63, 3.8) is 0 Å². The van der Waals surface area contributed by atoms with Gasteiger partial charge in [0.1, 0.15) is 5.75 Å². The second-order valence-electron chi connectivity index (χ2n) is 5.84. The Morgan fingerprint density at radius 2 is 1.75 bits per heavy atom. The average molecular weight is 359 g/mol. The van der Waals surface area contributed by atoms with Crippen LogP contribution in [0.2, 0.25) is 0 Å². The summed E-state index contributed by atoms with van der Waals surface area (Å²) in [5.74, 6) is -2.60. The average Bonchev–Trinajstić information content (AvgIpc) is 2.44. The Morgan fingerprint density at radius 3 is 2.25 bits per heavy atom. The third kappa shape index (κ3) is 5.41. The van der Waals surface area contributed by atoms with Crippen molar-refractivity contribution in [1.82, 2.24) is 0 Å². The van der Waals surface area contributed by atoms with E-state index in [-0.39, 0.29) is 0 Å². The number of methoxy groups -OCH3 is 2. The molecule has 0 heterocycles. The molecule has 134 valence electrons. The molecule has 0 radical (unpaired) electrons. The molecule has 2 N–H and O–H groups in total. The van der Waals surface area contributed by atoms with E-state index in [4.69, 9.17) is 14.6 Å². The number of hydrogen-bond donors (Lipinski definition) is 2. The second kappa shape index (κ2) is 7.52. The maximum absolute atomic E-state index is 12.0.